The van der Waals surface area contributed by atoms with Gasteiger partial charge in [0.15, 0.2) is 0 Å². The molecular formula is C29H32N4O3S. The van der Waals surface area contributed by atoms with Crippen LogP contribution in [0.1, 0.15) is 5.56 Å². The van der Waals surface area contributed by atoms with E-state index in [0.717, 1.165) is 22.0 Å². The zero-order chi connectivity index (χ0) is 26.4. The van der Waals surface area contributed by atoms with E-state index in [1.807, 2.05) is 35.2 Å². The largest absolute Gasteiger partial charge is 0.508 e. The first-order valence-corrected chi connectivity index (χ1v) is 13.3. The number of carbonyl (C=O) groups is 1. The van der Waals surface area contributed by atoms with E-state index in [0.29, 0.717) is 37.5 Å². The Morgan fingerprint density at radius 3 is 2.49 bits per heavy atom. The summed E-state index contributed by atoms with van der Waals surface area (Å²) in [5, 5.41) is 11.5. The van der Waals surface area contributed by atoms with E-state index in [9.17, 15) is 14.1 Å². The number of likely N-dealkylation sites (N-methyl/N-ethyl adjacent to an activating group) is 1. The molecule has 0 spiro atoms. The van der Waals surface area contributed by atoms with Crippen LogP contribution in [0.25, 0.3) is 10.8 Å². The first-order chi connectivity index (χ1) is 17.9. The maximum absolute atomic E-state index is 13.9. The van der Waals surface area contributed by atoms with E-state index in [2.05, 4.69) is 23.0 Å². The molecule has 8 heteroatoms. The lowest BCUT2D eigenvalue weighted by atomic mass is 10.0. The minimum absolute atomic E-state index is 0.0710. The van der Waals surface area contributed by atoms with Crippen LogP contribution >= 0.6 is 0 Å². The average molecular weight is 517 g/mol. The Labute approximate surface area is 220 Å². The minimum atomic E-state index is -1.59. The number of aromatic hydroxyl groups is 1. The lowest BCUT2D eigenvalue weighted by Crippen LogP contribution is -2.54. The molecule has 1 aliphatic rings. The standard InChI is InChI=1S/C29H32N4O3S/c1-4-7-24(5-2)32-16-18-33(19-17-32)29(35)27(20-22-10-12-25(34)13-11-22)31(3)37(36)28-9-6-8-23-21-30-15-14-26(23)28/h4-15,21,27,34H,1-2,16-20H2,3H3/b24-7+. The molecule has 0 saturated carbocycles. The molecule has 0 bridgehead atoms. The summed E-state index contributed by atoms with van der Waals surface area (Å²) in [5.74, 6) is 0.0907. The summed E-state index contributed by atoms with van der Waals surface area (Å²) in [6, 6.07) is 13.6. The number of rotatable bonds is 9. The van der Waals surface area contributed by atoms with Gasteiger partial charge in [0, 0.05) is 62.1 Å². The molecule has 3 aromatic rings. The molecule has 2 unspecified atom stereocenters. The van der Waals surface area contributed by atoms with Gasteiger partial charge in [0.2, 0.25) is 5.91 Å². The van der Waals surface area contributed by atoms with Crippen LogP contribution in [0.4, 0.5) is 0 Å². The molecule has 0 aliphatic carbocycles. The number of pyridine rings is 1. The molecule has 7 nitrogen and oxygen atoms in total. The number of allylic oxidation sites excluding steroid dienone is 3. The molecule has 0 radical (unpaired) electrons. The number of amides is 1. The van der Waals surface area contributed by atoms with Gasteiger partial charge < -0.3 is 14.9 Å². The van der Waals surface area contributed by atoms with Crippen molar-refractivity contribution in [1.82, 2.24) is 19.1 Å². The van der Waals surface area contributed by atoms with Crippen molar-refractivity contribution < 1.29 is 14.1 Å². The Bertz CT molecular complexity index is 1330. The van der Waals surface area contributed by atoms with E-state index in [4.69, 9.17) is 0 Å². The predicted molar refractivity (Wildman–Crippen MR) is 148 cm³/mol. The van der Waals surface area contributed by atoms with E-state index in [-0.39, 0.29) is 11.7 Å². The smallest absolute Gasteiger partial charge is 0.241 e. The fourth-order valence-corrected chi connectivity index (χ4v) is 5.84. The van der Waals surface area contributed by atoms with Crippen LogP contribution < -0.4 is 0 Å². The van der Waals surface area contributed by atoms with Crippen molar-refractivity contribution in [2.24, 2.45) is 0 Å². The molecule has 2 aromatic carbocycles. The Morgan fingerprint density at radius 2 is 1.81 bits per heavy atom. The number of carbonyl (C=O) groups excluding carboxylic acids is 1. The summed E-state index contributed by atoms with van der Waals surface area (Å²) in [6.07, 6.45) is 9.23. The second-order valence-electron chi connectivity index (χ2n) is 8.88. The minimum Gasteiger partial charge on any atom is -0.508 e. The van der Waals surface area contributed by atoms with Gasteiger partial charge in [-0.1, -0.05) is 43.5 Å². The van der Waals surface area contributed by atoms with Gasteiger partial charge in [0.05, 0.1) is 4.90 Å². The van der Waals surface area contributed by atoms with Crippen molar-refractivity contribution in [2.45, 2.75) is 17.4 Å². The van der Waals surface area contributed by atoms with Crippen LogP contribution in [0.3, 0.4) is 0 Å². The molecular weight excluding hydrogens is 484 g/mol. The molecule has 2 heterocycles. The Balaban J connectivity index is 1.60. The van der Waals surface area contributed by atoms with Gasteiger partial charge in [-0.2, -0.15) is 0 Å². The van der Waals surface area contributed by atoms with Gasteiger partial charge in [0.1, 0.15) is 22.8 Å². The first-order valence-electron chi connectivity index (χ1n) is 12.2. The lowest BCUT2D eigenvalue weighted by Gasteiger charge is -2.39. The molecule has 1 aliphatic heterocycles. The normalized spacial score (nSPS) is 16.0. The molecule has 37 heavy (non-hydrogen) atoms. The topological polar surface area (TPSA) is 77.0 Å². The Morgan fingerprint density at radius 1 is 1.11 bits per heavy atom. The van der Waals surface area contributed by atoms with Crippen molar-refractivity contribution >= 4 is 27.7 Å². The SMILES string of the molecule is C=C/C=C(\C=C)N1CCN(C(=O)C(Cc2ccc(O)cc2)N(C)S(=O)c2cccc3cnccc23)CC1. The predicted octanol–water partition coefficient (Wildman–Crippen LogP) is 3.91. The van der Waals surface area contributed by atoms with Gasteiger partial charge in [-0.15, -0.1) is 0 Å². The van der Waals surface area contributed by atoms with Crippen molar-refractivity contribution in [2.75, 3.05) is 33.2 Å². The number of fused-ring (bicyclic) bond motifs is 1. The van der Waals surface area contributed by atoms with Gasteiger partial charge in [0.25, 0.3) is 0 Å². The van der Waals surface area contributed by atoms with Crippen LogP contribution in [-0.2, 0) is 22.2 Å². The van der Waals surface area contributed by atoms with E-state index < -0.39 is 17.0 Å². The number of benzene rings is 2. The van der Waals surface area contributed by atoms with Crippen molar-refractivity contribution in [3.8, 4) is 5.75 Å². The Kier molecular flexibility index (Phi) is 8.53. The van der Waals surface area contributed by atoms with Crippen molar-refractivity contribution in [3.05, 3.63) is 104 Å². The van der Waals surface area contributed by atoms with Gasteiger partial charge in [-0.25, -0.2) is 8.51 Å². The number of piperazine rings is 1. The maximum Gasteiger partial charge on any atom is 0.241 e. The third-order valence-electron chi connectivity index (χ3n) is 6.63. The van der Waals surface area contributed by atoms with E-state index in [1.54, 1.807) is 60.2 Å². The summed E-state index contributed by atoms with van der Waals surface area (Å²) >= 11 is 0. The van der Waals surface area contributed by atoms with Crippen LogP contribution in [0.2, 0.25) is 0 Å². The fraction of sp³-hybridized carbons (Fsp3) is 0.241. The van der Waals surface area contributed by atoms with E-state index >= 15 is 0 Å². The Hall–Kier alpha value is -3.75. The monoisotopic (exact) mass is 516 g/mol. The number of aromatic nitrogens is 1. The second kappa shape index (κ2) is 12.0. The first kappa shape index (κ1) is 26.3. The highest BCUT2D eigenvalue weighted by Gasteiger charge is 2.33. The van der Waals surface area contributed by atoms with E-state index in [1.165, 1.54) is 0 Å². The molecule has 4 rings (SSSR count). The van der Waals surface area contributed by atoms with Crippen LogP contribution in [0.15, 0.2) is 103 Å². The van der Waals surface area contributed by atoms with Crippen LogP contribution in [0, 0.1) is 0 Å². The highest BCUT2D eigenvalue weighted by molar-refractivity contribution is 7.83. The van der Waals surface area contributed by atoms with Gasteiger partial charge in [-0.3, -0.25) is 9.78 Å². The zero-order valence-corrected chi connectivity index (χ0v) is 21.8. The van der Waals surface area contributed by atoms with Crippen molar-refractivity contribution in [3.63, 3.8) is 0 Å². The molecule has 1 N–H and O–H groups in total. The van der Waals surface area contributed by atoms with Gasteiger partial charge >= 0.3 is 0 Å². The molecule has 192 valence electrons. The second-order valence-corrected chi connectivity index (χ2v) is 10.4. The summed E-state index contributed by atoms with van der Waals surface area (Å²) in [4.78, 5) is 22.7. The number of hydrogen-bond donors (Lipinski definition) is 1. The van der Waals surface area contributed by atoms with Crippen molar-refractivity contribution in [1.29, 1.82) is 0 Å². The molecule has 1 aromatic heterocycles. The number of phenols is 1. The average Bonchev–Trinajstić information content (AvgIpc) is 2.94. The number of phenolic OH excluding ortho intramolecular Hbond substituents is 1. The third kappa shape index (κ3) is 5.98. The number of nitrogens with zero attached hydrogens (tertiary/aromatic N) is 4. The third-order valence-corrected chi connectivity index (χ3v) is 8.14. The maximum atomic E-state index is 13.9. The summed E-state index contributed by atoms with van der Waals surface area (Å²) < 4.78 is 15.5. The van der Waals surface area contributed by atoms with Crippen LogP contribution in [0.5, 0.6) is 5.75 Å². The molecule has 1 fully saturated rings. The van der Waals surface area contributed by atoms with Gasteiger partial charge in [-0.05, 0) is 48.4 Å². The molecule has 1 amide bonds. The highest BCUT2D eigenvalue weighted by Crippen LogP contribution is 2.25. The summed E-state index contributed by atoms with van der Waals surface area (Å²) in [6.45, 7) is 10.1. The highest BCUT2D eigenvalue weighted by atomic mass is 32.2. The fourth-order valence-electron chi connectivity index (χ4n) is 4.56. The summed E-state index contributed by atoms with van der Waals surface area (Å²) in [5.41, 5.74) is 1.86. The summed E-state index contributed by atoms with van der Waals surface area (Å²) in [7, 11) is 0.145. The number of hydrogen-bond acceptors (Lipinski definition) is 5. The quantitative estimate of drug-likeness (QED) is 0.437. The van der Waals surface area contributed by atoms with Crippen LogP contribution in [-0.4, -0.2) is 73.6 Å². The zero-order valence-electron chi connectivity index (χ0n) is 21.0. The lowest BCUT2D eigenvalue weighted by molar-refractivity contribution is -0.136. The molecule has 2 atom stereocenters. The molecule has 1 saturated heterocycles.